The van der Waals surface area contributed by atoms with Crippen molar-refractivity contribution in [3.05, 3.63) is 24.3 Å². The SMILES string of the molecule is CC1CCCCC1N(C)c1ccc(N)cc1. The van der Waals surface area contributed by atoms with E-state index < -0.39 is 0 Å². The van der Waals surface area contributed by atoms with E-state index in [0.29, 0.717) is 6.04 Å². The summed E-state index contributed by atoms with van der Waals surface area (Å²) in [4.78, 5) is 2.42. The molecule has 1 fully saturated rings. The lowest BCUT2D eigenvalue weighted by Gasteiger charge is -2.37. The molecule has 0 saturated heterocycles. The number of nitrogen functional groups attached to an aromatic ring is 1. The topological polar surface area (TPSA) is 29.3 Å². The molecule has 2 nitrogen and oxygen atoms in total. The van der Waals surface area contributed by atoms with E-state index in [1.807, 2.05) is 12.1 Å². The van der Waals surface area contributed by atoms with Gasteiger partial charge >= 0.3 is 0 Å². The molecular formula is C14H22N2. The van der Waals surface area contributed by atoms with Gasteiger partial charge in [0.05, 0.1) is 0 Å². The predicted octanol–water partition coefficient (Wildman–Crippen LogP) is 3.28. The van der Waals surface area contributed by atoms with Gasteiger partial charge in [-0.25, -0.2) is 0 Å². The molecule has 16 heavy (non-hydrogen) atoms. The van der Waals surface area contributed by atoms with Gasteiger partial charge in [0.1, 0.15) is 0 Å². The van der Waals surface area contributed by atoms with E-state index in [1.54, 1.807) is 0 Å². The number of hydrogen-bond acceptors (Lipinski definition) is 2. The average molecular weight is 218 g/mol. The maximum atomic E-state index is 5.71. The van der Waals surface area contributed by atoms with E-state index in [0.717, 1.165) is 11.6 Å². The van der Waals surface area contributed by atoms with Crippen molar-refractivity contribution < 1.29 is 0 Å². The molecule has 0 aliphatic heterocycles. The molecule has 1 saturated carbocycles. The fourth-order valence-corrected chi connectivity index (χ4v) is 2.77. The number of hydrogen-bond donors (Lipinski definition) is 1. The Balaban J connectivity index is 2.11. The Hall–Kier alpha value is -1.18. The summed E-state index contributed by atoms with van der Waals surface area (Å²) in [5.41, 5.74) is 7.84. The van der Waals surface area contributed by atoms with Gasteiger partial charge in [0, 0.05) is 24.5 Å². The number of anilines is 2. The summed E-state index contributed by atoms with van der Waals surface area (Å²) < 4.78 is 0. The zero-order valence-electron chi connectivity index (χ0n) is 10.3. The second-order valence-electron chi connectivity index (χ2n) is 5.03. The third kappa shape index (κ3) is 2.31. The van der Waals surface area contributed by atoms with E-state index in [2.05, 4.69) is 31.0 Å². The van der Waals surface area contributed by atoms with Gasteiger partial charge in [-0.3, -0.25) is 0 Å². The van der Waals surface area contributed by atoms with Crippen LogP contribution in [0.15, 0.2) is 24.3 Å². The smallest absolute Gasteiger partial charge is 0.0367 e. The molecule has 0 aromatic heterocycles. The molecule has 0 amide bonds. The van der Waals surface area contributed by atoms with E-state index in [1.165, 1.54) is 31.4 Å². The van der Waals surface area contributed by atoms with Crippen LogP contribution >= 0.6 is 0 Å². The number of rotatable bonds is 2. The van der Waals surface area contributed by atoms with Crippen molar-refractivity contribution in [3.8, 4) is 0 Å². The molecule has 0 radical (unpaired) electrons. The highest BCUT2D eigenvalue weighted by Crippen LogP contribution is 2.30. The highest BCUT2D eigenvalue weighted by molar-refractivity contribution is 5.53. The van der Waals surface area contributed by atoms with Crippen molar-refractivity contribution in [1.82, 2.24) is 0 Å². The van der Waals surface area contributed by atoms with Crippen LogP contribution in [0.1, 0.15) is 32.6 Å². The van der Waals surface area contributed by atoms with Crippen molar-refractivity contribution in [2.24, 2.45) is 5.92 Å². The molecule has 2 unspecified atom stereocenters. The van der Waals surface area contributed by atoms with Crippen molar-refractivity contribution in [2.45, 2.75) is 38.6 Å². The lowest BCUT2D eigenvalue weighted by atomic mass is 9.85. The molecule has 0 heterocycles. The normalized spacial score (nSPS) is 25.4. The van der Waals surface area contributed by atoms with Crippen LogP contribution in [0.4, 0.5) is 11.4 Å². The van der Waals surface area contributed by atoms with Crippen LogP contribution in [0.3, 0.4) is 0 Å². The van der Waals surface area contributed by atoms with Crippen molar-refractivity contribution in [1.29, 1.82) is 0 Å². The first-order valence-corrected chi connectivity index (χ1v) is 6.27. The summed E-state index contributed by atoms with van der Waals surface area (Å²) in [7, 11) is 2.21. The second-order valence-corrected chi connectivity index (χ2v) is 5.03. The van der Waals surface area contributed by atoms with Crippen LogP contribution in [0.5, 0.6) is 0 Å². The van der Waals surface area contributed by atoms with Crippen LogP contribution in [0, 0.1) is 5.92 Å². The molecule has 1 aromatic carbocycles. The third-order valence-electron chi connectivity index (χ3n) is 3.86. The lowest BCUT2D eigenvalue weighted by molar-refractivity contribution is 0.321. The van der Waals surface area contributed by atoms with Crippen molar-refractivity contribution in [2.75, 3.05) is 17.7 Å². The zero-order chi connectivity index (χ0) is 11.5. The molecule has 1 aliphatic rings. The molecular weight excluding hydrogens is 196 g/mol. The van der Waals surface area contributed by atoms with Gasteiger partial charge in [-0.05, 0) is 43.0 Å². The van der Waals surface area contributed by atoms with Gasteiger partial charge in [0.15, 0.2) is 0 Å². The average Bonchev–Trinajstić information content (AvgIpc) is 2.30. The van der Waals surface area contributed by atoms with E-state index >= 15 is 0 Å². The highest BCUT2D eigenvalue weighted by Gasteiger charge is 2.24. The van der Waals surface area contributed by atoms with Gasteiger partial charge in [0.2, 0.25) is 0 Å². The Morgan fingerprint density at radius 1 is 1.12 bits per heavy atom. The summed E-state index contributed by atoms with van der Waals surface area (Å²) in [6.07, 6.45) is 5.45. The largest absolute Gasteiger partial charge is 0.399 e. The lowest BCUT2D eigenvalue weighted by Crippen LogP contribution is -2.38. The van der Waals surface area contributed by atoms with Crippen molar-refractivity contribution >= 4 is 11.4 Å². The summed E-state index contributed by atoms with van der Waals surface area (Å²) in [6, 6.07) is 8.91. The minimum atomic E-state index is 0.692. The number of benzene rings is 1. The standard InChI is InChI=1S/C14H22N2/c1-11-5-3-4-6-14(11)16(2)13-9-7-12(15)8-10-13/h7-11,14H,3-6,15H2,1-2H3. The number of nitrogens with zero attached hydrogens (tertiary/aromatic N) is 1. The molecule has 2 rings (SSSR count). The van der Waals surface area contributed by atoms with Gasteiger partial charge in [0.25, 0.3) is 0 Å². The molecule has 1 aliphatic carbocycles. The first-order chi connectivity index (χ1) is 7.68. The van der Waals surface area contributed by atoms with Gasteiger partial charge in [-0.2, -0.15) is 0 Å². The molecule has 2 N–H and O–H groups in total. The van der Waals surface area contributed by atoms with Crippen molar-refractivity contribution in [3.63, 3.8) is 0 Å². The third-order valence-corrected chi connectivity index (χ3v) is 3.86. The van der Waals surface area contributed by atoms with Crippen LogP contribution < -0.4 is 10.6 Å². The fraction of sp³-hybridized carbons (Fsp3) is 0.571. The van der Waals surface area contributed by atoms with Gasteiger partial charge in [-0.15, -0.1) is 0 Å². The summed E-state index contributed by atoms with van der Waals surface area (Å²) in [5, 5.41) is 0. The zero-order valence-corrected chi connectivity index (χ0v) is 10.3. The van der Waals surface area contributed by atoms with E-state index in [-0.39, 0.29) is 0 Å². The summed E-state index contributed by atoms with van der Waals surface area (Å²) in [5.74, 6) is 0.802. The summed E-state index contributed by atoms with van der Waals surface area (Å²) >= 11 is 0. The minimum absolute atomic E-state index is 0.692. The van der Waals surface area contributed by atoms with E-state index in [4.69, 9.17) is 5.73 Å². The van der Waals surface area contributed by atoms with Crippen LogP contribution in [0.25, 0.3) is 0 Å². The molecule has 0 spiro atoms. The molecule has 2 atom stereocenters. The Bertz CT molecular complexity index is 331. The molecule has 0 bridgehead atoms. The molecule has 1 aromatic rings. The Labute approximate surface area is 98.4 Å². The monoisotopic (exact) mass is 218 g/mol. The first kappa shape index (κ1) is 11.3. The first-order valence-electron chi connectivity index (χ1n) is 6.27. The van der Waals surface area contributed by atoms with Gasteiger partial charge < -0.3 is 10.6 Å². The Kier molecular flexibility index (Phi) is 3.37. The van der Waals surface area contributed by atoms with Crippen LogP contribution in [-0.4, -0.2) is 13.1 Å². The van der Waals surface area contributed by atoms with Gasteiger partial charge in [-0.1, -0.05) is 19.8 Å². The summed E-state index contributed by atoms with van der Waals surface area (Å²) in [6.45, 7) is 2.37. The highest BCUT2D eigenvalue weighted by atomic mass is 15.1. The van der Waals surface area contributed by atoms with Crippen LogP contribution in [-0.2, 0) is 0 Å². The Morgan fingerprint density at radius 3 is 2.38 bits per heavy atom. The maximum absolute atomic E-state index is 5.71. The fourth-order valence-electron chi connectivity index (χ4n) is 2.77. The predicted molar refractivity (Wildman–Crippen MR) is 70.7 cm³/mol. The quantitative estimate of drug-likeness (QED) is 0.772. The maximum Gasteiger partial charge on any atom is 0.0367 e. The van der Waals surface area contributed by atoms with E-state index in [9.17, 15) is 0 Å². The van der Waals surface area contributed by atoms with Crippen LogP contribution in [0.2, 0.25) is 0 Å². The Morgan fingerprint density at radius 2 is 1.75 bits per heavy atom. The number of nitrogens with two attached hydrogens (primary N) is 1. The minimum Gasteiger partial charge on any atom is -0.399 e. The second kappa shape index (κ2) is 4.77. The molecule has 2 heteroatoms. The molecule has 88 valence electrons.